The lowest BCUT2D eigenvalue weighted by atomic mass is 10.0. The maximum Gasteiger partial charge on any atom is 0.261 e. The van der Waals surface area contributed by atoms with Gasteiger partial charge in [-0.2, -0.15) is 0 Å². The Balaban J connectivity index is 2.05. The molecule has 1 N–H and O–H groups in total. The lowest BCUT2D eigenvalue weighted by molar-refractivity contribution is 0.103. The number of hydrogen-bond acceptors (Lipinski definition) is 3. The normalized spacial score (nSPS) is 11.2. The number of sulfonamides is 1. The molecule has 0 aromatic heterocycles. The van der Waals surface area contributed by atoms with E-state index in [4.69, 9.17) is 11.6 Å². The second-order valence-electron chi connectivity index (χ2n) is 5.42. The predicted molar refractivity (Wildman–Crippen MR) is 98.5 cm³/mol. The SMILES string of the molecule is O=C(c1ccccc1F)c1cc(Cl)ccc1NS(=O)(=O)c1ccccc1. The molecular weight excluding hydrogens is 377 g/mol. The Bertz CT molecular complexity index is 1070. The molecule has 26 heavy (non-hydrogen) atoms. The molecule has 0 saturated carbocycles. The lowest BCUT2D eigenvalue weighted by Crippen LogP contribution is -2.16. The number of rotatable bonds is 5. The zero-order chi connectivity index (χ0) is 18.7. The molecule has 3 aromatic rings. The van der Waals surface area contributed by atoms with Crippen molar-refractivity contribution in [2.75, 3.05) is 4.72 Å². The van der Waals surface area contributed by atoms with Crippen LogP contribution in [0.4, 0.5) is 10.1 Å². The summed E-state index contributed by atoms with van der Waals surface area (Å²) in [6.07, 6.45) is 0. The fourth-order valence-corrected chi connectivity index (χ4v) is 3.66. The topological polar surface area (TPSA) is 63.2 Å². The minimum atomic E-state index is -3.91. The largest absolute Gasteiger partial charge is 0.288 e. The highest BCUT2D eigenvalue weighted by atomic mass is 35.5. The summed E-state index contributed by atoms with van der Waals surface area (Å²) < 4.78 is 41.4. The maximum atomic E-state index is 14.0. The summed E-state index contributed by atoms with van der Waals surface area (Å²) in [5.74, 6) is -1.37. The van der Waals surface area contributed by atoms with Crippen LogP contribution in [0, 0.1) is 5.82 Å². The van der Waals surface area contributed by atoms with Crippen LogP contribution in [0.2, 0.25) is 5.02 Å². The van der Waals surface area contributed by atoms with Crippen LogP contribution in [-0.4, -0.2) is 14.2 Å². The van der Waals surface area contributed by atoms with Crippen molar-refractivity contribution in [2.45, 2.75) is 4.90 Å². The van der Waals surface area contributed by atoms with Crippen molar-refractivity contribution < 1.29 is 17.6 Å². The molecule has 0 heterocycles. The van der Waals surface area contributed by atoms with Crippen LogP contribution >= 0.6 is 11.6 Å². The molecule has 0 spiro atoms. The first-order valence-electron chi connectivity index (χ1n) is 7.55. The van der Waals surface area contributed by atoms with Gasteiger partial charge < -0.3 is 0 Å². The molecule has 0 fully saturated rings. The molecule has 0 unspecified atom stereocenters. The van der Waals surface area contributed by atoms with E-state index < -0.39 is 21.6 Å². The third-order valence-corrected chi connectivity index (χ3v) is 5.26. The summed E-state index contributed by atoms with van der Waals surface area (Å²) in [5.41, 5.74) is -0.191. The summed E-state index contributed by atoms with van der Waals surface area (Å²) in [7, 11) is -3.91. The number of carbonyl (C=O) groups excluding carboxylic acids is 1. The second kappa shape index (κ2) is 7.27. The molecule has 0 aliphatic heterocycles. The summed E-state index contributed by atoms with van der Waals surface area (Å²) in [4.78, 5) is 12.8. The quantitative estimate of drug-likeness (QED) is 0.653. The van der Waals surface area contributed by atoms with Gasteiger partial charge in [-0.1, -0.05) is 41.9 Å². The average molecular weight is 390 g/mol. The Hall–Kier alpha value is -2.70. The van der Waals surface area contributed by atoms with E-state index in [0.29, 0.717) is 0 Å². The molecule has 0 bridgehead atoms. The van der Waals surface area contributed by atoms with Gasteiger partial charge >= 0.3 is 0 Å². The Morgan fingerprint density at radius 2 is 1.54 bits per heavy atom. The Kier molecular flexibility index (Phi) is 5.06. The molecule has 4 nitrogen and oxygen atoms in total. The highest BCUT2D eigenvalue weighted by Crippen LogP contribution is 2.26. The smallest absolute Gasteiger partial charge is 0.261 e. The summed E-state index contributed by atoms with van der Waals surface area (Å²) >= 11 is 5.95. The van der Waals surface area contributed by atoms with Crippen LogP contribution in [-0.2, 0) is 10.0 Å². The summed E-state index contributed by atoms with van der Waals surface area (Å²) in [6.45, 7) is 0. The lowest BCUT2D eigenvalue weighted by Gasteiger charge is -2.13. The second-order valence-corrected chi connectivity index (χ2v) is 7.54. The van der Waals surface area contributed by atoms with Gasteiger partial charge in [0, 0.05) is 10.6 Å². The van der Waals surface area contributed by atoms with Gasteiger partial charge in [0.1, 0.15) is 5.82 Å². The molecule has 0 radical (unpaired) electrons. The molecule has 3 rings (SSSR count). The van der Waals surface area contributed by atoms with Gasteiger partial charge in [-0.05, 0) is 42.5 Å². The minimum Gasteiger partial charge on any atom is -0.288 e. The molecule has 0 aliphatic rings. The molecular formula is C19H13ClFNO3S. The van der Waals surface area contributed by atoms with E-state index in [1.165, 1.54) is 48.5 Å². The van der Waals surface area contributed by atoms with Crippen molar-refractivity contribution in [3.8, 4) is 0 Å². The van der Waals surface area contributed by atoms with E-state index in [0.717, 1.165) is 6.07 Å². The van der Waals surface area contributed by atoms with E-state index in [-0.39, 0.29) is 26.7 Å². The van der Waals surface area contributed by atoms with Crippen molar-refractivity contribution in [1.29, 1.82) is 0 Å². The van der Waals surface area contributed by atoms with Gasteiger partial charge in [-0.25, -0.2) is 12.8 Å². The molecule has 0 saturated heterocycles. The first kappa shape index (κ1) is 18.1. The highest BCUT2D eigenvalue weighted by Gasteiger charge is 2.21. The van der Waals surface area contributed by atoms with Gasteiger partial charge in [0.2, 0.25) is 0 Å². The fraction of sp³-hybridized carbons (Fsp3) is 0. The van der Waals surface area contributed by atoms with Crippen molar-refractivity contribution in [3.63, 3.8) is 0 Å². The maximum absolute atomic E-state index is 14.0. The van der Waals surface area contributed by atoms with Crippen molar-refractivity contribution in [1.82, 2.24) is 0 Å². The van der Waals surface area contributed by atoms with Crippen LogP contribution in [0.25, 0.3) is 0 Å². The van der Waals surface area contributed by atoms with Gasteiger partial charge in [-0.3, -0.25) is 9.52 Å². The molecule has 7 heteroatoms. The van der Waals surface area contributed by atoms with E-state index in [1.807, 2.05) is 0 Å². The van der Waals surface area contributed by atoms with Crippen molar-refractivity contribution >= 4 is 33.1 Å². The summed E-state index contributed by atoms with van der Waals surface area (Å²) in [6, 6.07) is 17.3. The minimum absolute atomic E-state index is 0.0199. The number of hydrogen-bond donors (Lipinski definition) is 1. The zero-order valence-electron chi connectivity index (χ0n) is 13.3. The molecule has 0 aliphatic carbocycles. The Labute approximate surface area is 155 Å². The van der Waals surface area contributed by atoms with Crippen LogP contribution in [0.3, 0.4) is 0 Å². The third kappa shape index (κ3) is 3.76. The molecule has 0 amide bonds. The van der Waals surface area contributed by atoms with Crippen LogP contribution in [0.15, 0.2) is 77.7 Å². The zero-order valence-corrected chi connectivity index (χ0v) is 14.9. The molecule has 132 valence electrons. The van der Waals surface area contributed by atoms with Crippen molar-refractivity contribution in [2.24, 2.45) is 0 Å². The first-order chi connectivity index (χ1) is 12.4. The van der Waals surface area contributed by atoms with Gasteiger partial charge in [0.15, 0.2) is 5.78 Å². The van der Waals surface area contributed by atoms with E-state index >= 15 is 0 Å². The van der Waals surface area contributed by atoms with Crippen LogP contribution in [0.1, 0.15) is 15.9 Å². The summed E-state index contributed by atoms with van der Waals surface area (Å²) in [5, 5.41) is 0.229. The number of nitrogens with one attached hydrogen (secondary N) is 1. The van der Waals surface area contributed by atoms with Gasteiger partial charge in [0.25, 0.3) is 10.0 Å². The number of halogens is 2. The first-order valence-corrected chi connectivity index (χ1v) is 9.41. The van der Waals surface area contributed by atoms with E-state index in [2.05, 4.69) is 4.72 Å². The van der Waals surface area contributed by atoms with Gasteiger partial charge in [-0.15, -0.1) is 0 Å². The standard InChI is InChI=1S/C19H13ClFNO3S/c20-13-10-11-18(22-26(24,25)14-6-2-1-3-7-14)16(12-13)19(23)15-8-4-5-9-17(15)21/h1-12,22H. The van der Waals surface area contributed by atoms with Crippen molar-refractivity contribution in [3.05, 3.63) is 94.8 Å². The van der Waals surface area contributed by atoms with E-state index in [1.54, 1.807) is 18.2 Å². The number of benzene rings is 3. The molecule has 0 atom stereocenters. The van der Waals surface area contributed by atoms with E-state index in [9.17, 15) is 17.6 Å². The third-order valence-electron chi connectivity index (χ3n) is 3.64. The number of carbonyl (C=O) groups is 1. The average Bonchev–Trinajstić information content (AvgIpc) is 2.64. The fourth-order valence-electron chi connectivity index (χ4n) is 2.39. The highest BCUT2D eigenvalue weighted by molar-refractivity contribution is 7.92. The van der Waals surface area contributed by atoms with Crippen LogP contribution < -0.4 is 4.72 Å². The Morgan fingerprint density at radius 3 is 2.23 bits per heavy atom. The predicted octanol–water partition coefficient (Wildman–Crippen LogP) is 4.51. The van der Waals surface area contributed by atoms with Gasteiger partial charge in [0.05, 0.1) is 16.1 Å². The monoisotopic (exact) mass is 389 g/mol. The number of ketones is 1. The van der Waals surface area contributed by atoms with Crippen LogP contribution in [0.5, 0.6) is 0 Å². The Morgan fingerprint density at radius 1 is 0.885 bits per heavy atom. The number of anilines is 1. The molecule has 3 aromatic carbocycles.